The molecule has 1 aliphatic rings. The molecule has 0 unspecified atom stereocenters. The molecule has 3 heteroatoms. The van der Waals surface area contributed by atoms with Crippen LogP contribution in [0.15, 0.2) is 18.3 Å². The van der Waals surface area contributed by atoms with Crippen LogP contribution in [0.3, 0.4) is 0 Å². The van der Waals surface area contributed by atoms with Crippen molar-refractivity contribution in [3.8, 4) is 5.75 Å². The van der Waals surface area contributed by atoms with E-state index in [1.807, 2.05) is 12.1 Å². The highest BCUT2D eigenvalue weighted by molar-refractivity contribution is 5.22. The first kappa shape index (κ1) is 11.4. The fraction of sp³-hybridized carbons (Fsp3) is 0.615. The molecular formula is C13H20N2O. The van der Waals surface area contributed by atoms with Crippen molar-refractivity contribution < 1.29 is 4.74 Å². The maximum atomic E-state index is 5.95. The third-order valence-corrected chi connectivity index (χ3v) is 3.26. The third-order valence-electron chi connectivity index (χ3n) is 3.26. The quantitative estimate of drug-likeness (QED) is 0.851. The summed E-state index contributed by atoms with van der Waals surface area (Å²) in [6, 6.07) is 3.86. The second kappa shape index (κ2) is 5.30. The first-order valence-electron chi connectivity index (χ1n) is 6.09. The number of pyridine rings is 1. The van der Waals surface area contributed by atoms with Crippen molar-refractivity contribution in [2.45, 2.75) is 45.3 Å². The van der Waals surface area contributed by atoms with Gasteiger partial charge in [-0.1, -0.05) is 6.92 Å². The molecule has 3 nitrogen and oxygen atoms in total. The Morgan fingerprint density at radius 3 is 2.81 bits per heavy atom. The van der Waals surface area contributed by atoms with Crippen LogP contribution in [0.4, 0.5) is 0 Å². The highest BCUT2D eigenvalue weighted by Gasteiger charge is 2.19. The van der Waals surface area contributed by atoms with Gasteiger partial charge in [0.25, 0.3) is 0 Å². The molecule has 0 saturated heterocycles. The molecule has 1 aromatic heterocycles. The van der Waals surface area contributed by atoms with Gasteiger partial charge in [0.15, 0.2) is 0 Å². The predicted molar refractivity (Wildman–Crippen MR) is 64.2 cm³/mol. The van der Waals surface area contributed by atoms with Gasteiger partial charge in [0.2, 0.25) is 0 Å². The molecule has 0 aliphatic heterocycles. The van der Waals surface area contributed by atoms with E-state index in [1.54, 1.807) is 6.20 Å². The minimum atomic E-state index is 0.379. The van der Waals surface area contributed by atoms with Gasteiger partial charge in [-0.3, -0.25) is 4.98 Å². The highest BCUT2D eigenvalue weighted by Crippen LogP contribution is 2.27. The van der Waals surface area contributed by atoms with E-state index in [4.69, 9.17) is 10.5 Å². The second-order valence-corrected chi connectivity index (χ2v) is 4.69. The van der Waals surface area contributed by atoms with Gasteiger partial charge in [-0.25, -0.2) is 0 Å². The molecule has 1 heterocycles. The van der Waals surface area contributed by atoms with E-state index in [0.29, 0.717) is 12.6 Å². The van der Waals surface area contributed by atoms with E-state index in [0.717, 1.165) is 17.4 Å². The highest BCUT2D eigenvalue weighted by atomic mass is 16.5. The summed E-state index contributed by atoms with van der Waals surface area (Å²) >= 11 is 0. The molecule has 16 heavy (non-hydrogen) atoms. The van der Waals surface area contributed by atoms with Gasteiger partial charge in [0.1, 0.15) is 5.75 Å². The standard InChI is InChI=1S/C13H20N2O/c1-10-2-4-12(5-3-10)16-13-6-7-15-11(8-13)9-14/h6-8,10,12H,2-5,9,14H2,1H3. The van der Waals surface area contributed by atoms with E-state index in [-0.39, 0.29) is 0 Å². The molecule has 0 spiro atoms. The third kappa shape index (κ3) is 2.95. The normalized spacial score (nSPS) is 25.4. The molecule has 1 aromatic rings. The van der Waals surface area contributed by atoms with Gasteiger partial charge in [-0.2, -0.15) is 0 Å². The average molecular weight is 220 g/mol. The number of nitrogens with zero attached hydrogens (tertiary/aromatic N) is 1. The summed E-state index contributed by atoms with van der Waals surface area (Å²) in [7, 11) is 0. The monoisotopic (exact) mass is 220 g/mol. The molecule has 1 fully saturated rings. The van der Waals surface area contributed by atoms with Crippen molar-refractivity contribution in [2.75, 3.05) is 0 Å². The molecule has 0 bridgehead atoms. The molecule has 0 radical (unpaired) electrons. The van der Waals surface area contributed by atoms with Crippen molar-refractivity contribution in [3.05, 3.63) is 24.0 Å². The predicted octanol–water partition coefficient (Wildman–Crippen LogP) is 2.50. The molecular weight excluding hydrogens is 200 g/mol. The van der Waals surface area contributed by atoms with E-state index in [9.17, 15) is 0 Å². The Bertz CT molecular complexity index is 332. The summed E-state index contributed by atoms with van der Waals surface area (Å²) in [5, 5.41) is 0. The van der Waals surface area contributed by atoms with Crippen LogP contribution in [0.25, 0.3) is 0 Å². The Morgan fingerprint density at radius 1 is 1.38 bits per heavy atom. The number of nitrogens with two attached hydrogens (primary N) is 1. The molecule has 0 aromatic carbocycles. The fourth-order valence-electron chi connectivity index (χ4n) is 2.18. The van der Waals surface area contributed by atoms with Crippen LogP contribution in [0.2, 0.25) is 0 Å². The van der Waals surface area contributed by atoms with E-state index in [1.165, 1.54) is 25.7 Å². The summed E-state index contributed by atoms with van der Waals surface area (Å²) in [5.41, 5.74) is 6.44. The Morgan fingerprint density at radius 2 is 2.12 bits per heavy atom. The molecule has 2 N–H and O–H groups in total. The van der Waals surface area contributed by atoms with E-state index in [2.05, 4.69) is 11.9 Å². The summed E-state index contributed by atoms with van der Waals surface area (Å²) in [6.45, 7) is 2.79. The van der Waals surface area contributed by atoms with Crippen molar-refractivity contribution in [2.24, 2.45) is 11.7 Å². The first-order chi connectivity index (χ1) is 7.78. The zero-order valence-electron chi connectivity index (χ0n) is 9.86. The van der Waals surface area contributed by atoms with Gasteiger partial charge in [0, 0.05) is 18.8 Å². The van der Waals surface area contributed by atoms with Crippen LogP contribution in [-0.2, 0) is 6.54 Å². The van der Waals surface area contributed by atoms with Crippen LogP contribution < -0.4 is 10.5 Å². The summed E-state index contributed by atoms with van der Waals surface area (Å²) in [5.74, 6) is 1.77. The van der Waals surface area contributed by atoms with Crippen LogP contribution in [0.5, 0.6) is 5.75 Å². The van der Waals surface area contributed by atoms with Gasteiger partial charge in [-0.15, -0.1) is 0 Å². The second-order valence-electron chi connectivity index (χ2n) is 4.69. The molecule has 2 rings (SSSR count). The number of aromatic nitrogens is 1. The molecule has 0 amide bonds. The minimum absolute atomic E-state index is 0.379. The molecule has 1 saturated carbocycles. The van der Waals surface area contributed by atoms with Gasteiger partial charge in [0.05, 0.1) is 11.8 Å². The largest absolute Gasteiger partial charge is 0.490 e. The smallest absolute Gasteiger partial charge is 0.123 e. The Kier molecular flexibility index (Phi) is 3.78. The van der Waals surface area contributed by atoms with Crippen LogP contribution >= 0.6 is 0 Å². The maximum absolute atomic E-state index is 5.95. The number of hydrogen-bond donors (Lipinski definition) is 1. The topological polar surface area (TPSA) is 48.1 Å². The van der Waals surface area contributed by atoms with E-state index < -0.39 is 0 Å². The zero-order chi connectivity index (χ0) is 11.4. The lowest BCUT2D eigenvalue weighted by atomic mass is 9.89. The van der Waals surface area contributed by atoms with Crippen molar-refractivity contribution in [3.63, 3.8) is 0 Å². The molecule has 88 valence electrons. The number of hydrogen-bond acceptors (Lipinski definition) is 3. The van der Waals surface area contributed by atoms with Crippen LogP contribution in [0.1, 0.15) is 38.3 Å². The summed E-state index contributed by atoms with van der Waals surface area (Å²) in [6.07, 6.45) is 7.04. The minimum Gasteiger partial charge on any atom is -0.490 e. The number of rotatable bonds is 3. The van der Waals surface area contributed by atoms with Crippen LogP contribution in [0, 0.1) is 5.92 Å². The summed E-state index contributed by atoms with van der Waals surface area (Å²) < 4.78 is 5.95. The van der Waals surface area contributed by atoms with Gasteiger partial charge in [-0.05, 0) is 37.7 Å². The lowest BCUT2D eigenvalue weighted by Crippen LogP contribution is -2.23. The Labute approximate surface area is 97.0 Å². The zero-order valence-corrected chi connectivity index (χ0v) is 9.86. The van der Waals surface area contributed by atoms with Gasteiger partial charge >= 0.3 is 0 Å². The van der Waals surface area contributed by atoms with Crippen LogP contribution in [-0.4, -0.2) is 11.1 Å². The molecule has 1 aliphatic carbocycles. The lowest BCUT2D eigenvalue weighted by Gasteiger charge is -2.26. The maximum Gasteiger partial charge on any atom is 0.123 e. The van der Waals surface area contributed by atoms with Crippen molar-refractivity contribution >= 4 is 0 Å². The first-order valence-corrected chi connectivity index (χ1v) is 6.09. The Hall–Kier alpha value is -1.09. The summed E-state index contributed by atoms with van der Waals surface area (Å²) in [4.78, 5) is 4.16. The van der Waals surface area contributed by atoms with Crippen molar-refractivity contribution in [1.82, 2.24) is 4.98 Å². The molecule has 0 atom stereocenters. The van der Waals surface area contributed by atoms with Gasteiger partial charge < -0.3 is 10.5 Å². The average Bonchev–Trinajstić information content (AvgIpc) is 2.32. The lowest BCUT2D eigenvalue weighted by molar-refractivity contribution is 0.135. The Balaban J connectivity index is 1.93. The fourth-order valence-corrected chi connectivity index (χ4v) is 2.18. The SMILES string of the molecule is CC1CCC(Oc2ccnc(CN)c2)CC1. The number of ether oxygens (including phenoxy) is 1. The van der Waals surface area contributed by atoms with E-state index >= 15 is 0 Å². The van der Waals surface area contributed by atoms with Crippen molar-refractivity contribution in [1.29, 1.82) is 0 Å².